The van der Waals surface area contributed by atoms with Gasteiger partial charge in [-0.3, -0.25) is 10.1 Å². The summed E-state index contributed by atoms with van der Waals surface area (Å²) in [6.45, 7) is -0.0686. The third kappa shape index (κ3) is 4.23. The molecule has 1 N–H and O–H groups in total. The maximum atomic E-state index is 13.9. The van der Waals surface area contributed by atoms with Gasteiger partial charge in [0.2, 0.25) is 5.95 Å². The fourth-order valence-electron chi connectivity index (χ4n) is 2.84. The molecule has 3 heterocycles. The zero-order valence-corrected chi connectivity index (χ0v) is 16.4. The van der Waals surface area contributed by atoms with Crippen LogP contribution < -0.4 is 5.32 Å². The Balaban J connectivity index is 1.56. The highest BCUT2D eigenvalue weighted by Gasteiger charge is 2.22. The van der Waals surface area contributed by atoms with Gasteiger partial charge in [-0.05, 0) is 18.2 Å². The van der Waals surface area contributed by atoms with E-state index in [2.05, 4.69) is 25.5 Å². The molecule has 3 aromatic heterocycles. The molecule has 0 atom stereocenters. The summed E-state index contributed by atoms with van der Waals surface area (Å²) in [7, 11) is 0. The first-order chi connectivity index (χ1) is 15.2. The molecule has 0 saturated heterocycles. The van der Waals surface area contributed by atoms with Crippen molar-refractivity contribution in [1.29, 1.82) is 0 Å². The maximum absolute atomic E-state index is 13.9. The molecule has 4 rings (SSSR count). The van der Waals surface area contributed by atoms with Crippen LogP contribution in [0.25, 0.3) is 5.65 Å². The molecule has 166 valence electrons. The van der Waals surface area contributed by atoms with Crippen molar-refractivity contribution in [2.24, 2.45) is 0 Å². The zero-order valence-electron chi connectivity index (χ0n) is 15.7. The first kappa shape index (κ1) is 21.6. The molecule has 0 unspecified atom stereocenters. The van der Waals surface area contributed by atoms with Gasteiger partial charge in [0.05, 0.1) is 6.54 Å². The second-order valence-electron chi connectivity index (χ2n) is 6.43. The van der Waals surface area contributed by atoms with Crippen molar-refractivity contribution in [3.63, 3.8) is 0 Å². The maximum Gasteiger partial charge on any atom is 0.280 e. The molecule has 14 heteroatoms. The number of carbonyl (C=O) groups is 1. The lowest BCUT2D eigenvalue weighted by Crippen LogP contribution is -2.14. The van der Waals surface area contributed by atoms with E-state index in [1.54, 1.807) is 0 Å². The first-order valence-electron chi connectivity index (χ1n) is 8.83. The van der Waals surface area contributed by atoms with E-state index in [4.69, 9.17) is 11.6 Å². The van der Waals surface area contributed by atoms with Crippen LogP contribution in [-0.2, 0) is 6.54 Å². The van der Waals surface area contributed by atoms with Crippen LogP contribution >= 0.6 is 11.6 Å². The van der Waals surface area contributed by atoms with E-state index in [9.17, 15) is 26.7 Å². The summed E-state index contributed by atoms with van der Waals surface area (Å²) >= 11 is 5.97. The van der Waals surface area contributed by atoms with Gasteiger partial charge in [0.1, 0.15) is 23.5 Å². The number of amides is 1. The smallest absolute Gasteiger partial charge is 0.280 e. The third-order valence-corrected chi connectivity index (χ3v) is 4.65. The minimum absolute atomic E-state index is 0.0686. The Hall–Kier alpha value is -3.61. The van der Waals surface area contributed by atoms with Gasteiger partial charge in [-0.15, -0.1) is 5.10 Å². The topological polar surface area (TPSA) is 90.0 Å². The quantitative estimate of drug-likeness (QED) is 0.424. The van der Waals surface area contributed by atoms with E-state index in [-0.39, 0.29) is 34.4 Å². The summed E-state index contributed by atoms with van der Waals surface area (Å²) in [6.07, 6.45) is -5.00. The Morgan fingerprint density at radius 1 is 1.12 bits per heavy atom. The van der Waals surface area contributed by atoms with Crippen LogP contribution in [0.4, 0.5) is 27.9 Å². The minimum Gasteiger partial charge on any atom is -0.288 e. The van der Waals surface area contributed by atoms with Crippen LogP contribution in [0.3, 0.4) is 0 Å². The Morgan fingerprint density at radius 3 is 2.59 bits per heavy atom. The molecule has 0 aliphatic rings. The number of halogens is 6. The number of alkyl halides is 4. The van der Waals surface area contributed by atoms with Crippen LogP contribution in [0.1, 0.15) is 40.3 Å². The third-order valence-electron chi connectivity index (χ3n) is 4.30. The van der Waals surface area contributed by atoms with Crippen LogP contribution in [0.2, 0.25) is 5.02 Å². The Morgan fingerprint density at radius 2 is 1.91 bits per heavy atom. The number of benzene rings is 1. The molecule has 0 fully saturated rings. The molecule has 4 aromatic rings. The van der Waals surface area contributed by atoms with Gasteiger partial charge < -0.3 is 0 Å². The molecular weight excluding hydrogens is 461 g/mol. The van der Waals surface area contributed by atoms with Gasteiger partial charge in [-0.25, -0.2) is 41.1 Å². The molecule has 1 amide bonds. The van der Waals surface area contributed by atoms with Crippen molar-refractivity contribution in [1.82, 2.24) is 29.4 Å². The lowest BCUT2D eigenvalue weighted by Gasteiger charge is -2.06. The van der Waals surface area contributed by atoms with E-state index in [0.29, 0.717) is 10.6 Å². The Bertz CT molecular complexity index is 1290. The molecule has 0 aliphatic carbocycles. The van der Waals surface area contributed by atoms with Crippen LogP contribution in [-0.4, -0.2) is 35.3 Å². The van der Waals surface area contributed by atoms with Gasteiger partial charge in [0.15, 0.2) is 11.3 Å². The molecule has 0 saturated carbocycles. The van der Waals surface area contributed by atoms with Crippen LogP contribution in [0.5, 0.6) is 0 Å². The van der Waals surface area contributed by atoms with Crippen molar-refractivity contribution < 1.29 is 26.7 Å². The summed E-state index contributed by atoms with van der Waals surface area (Å²) in [5.41, 5.74) is -2.27. The number of hydrogen-bond acceptors (Lipinski definition) is 5. The normalized spacial score (nSPS) is 11.6. The molecule has 8 nitrogen and oxygen atoms in total. The number of fused-ring (bicyclic) bond motifs is 1. The van der Waals surface area contributed by atoms with Crippen molar-refractivity contribution >= 4 is 29.1 Å². The molecule has 1 aromatic carbocycles. The van der Waals surface area contributed by atoms with E-state index < -0.39 is 36.0 Å². The summed E-state index contributed by atoms with van der Waals surface area (Å²) < 4.78 is 68.1. The van der Waals surface area contributed by atoms with E-state index in [1.807, 2.05) is 0 Å². The second-order valence-corrected chi connectivity index (χ2v) is 6.83. The summed E-state index contributed by atoms with van der Waals surface area (Å²) in [5.74, 6) is -1.63. The van der Waals surface area contributed by atoms with E-state index in [0.717, 1.165) is 6.07 Å². The average Bonchev–Trinajstić information content (AvgIpc) is 3.36. The second kappa shape index (κ2) is 8.49. The fourth-order valence-corrected chi connectivity index (χ4v) is 3.06. The number of anilines is 1. The van der Waals surface area contributed by atoms with E-state index in [1.165, 1.54) is 29.2 Å². The highest BCUT2D eigenvalue weighted by atomic mass is 35.5. The van der Waals surface area contributed by atoms with E-state index >= 15 is 0 Å². The largest absolute Gasteiger partial charge is 0.288 e. The summed E-state index contributed by atoms with van der Waals surface area (Å²) in [6, 6.07) is 5.67. The number of nitrogens with one attached hydrogen (secondary N) is 1. The molecule has 0 aliphatic heterocycles. The Kier molecular flexibility index (Phi) is 5.74. The number of aromatic nitrogens is 6. The fraction of sp³-hybridized carbons (Fsp3) is 0.167. The SMILES string of the molecule is O=C(Nc1ncn(Cc2c(F)cccc2Cl)n1)c1cc2nc(C(F)F)cc(C(F)F)n2n1. The number of rotatable bonds is 6. The molecule has 32 heavy (non-hydrogen) atoms. The molecule has 0 bridgehead atoms. The zero-order chi connectivity index (χ0) is 23.0. The monoisotopic (exact) mass is 471 g/mol. The average molecular weight is 472 g/mol. The predicted octanol–water partition coefficient (Wildman–Crippen LogP) is 4.29. The minimum atomic E-state index is -3.13. The highest BCUT2D eigenvalue weighted by molar-refractivity contribution is 6.31. The molecule has 0 radical (unpaired) electrons. The molecule has 0 spiro atoms. The van der Waals surface area contributed by atoms with Crippen molar-refractivity contribution in [2.45, 2.75) is 19.4 Å². The standard InChI is InChI=1S/C18H11ClF5N7O/c19-9-2-1-3-10(20)8(9)6-30-7-25-18(29-30)27-17(32)12-5-14-26-11(15(21)22)4-13(16(23)24)31(14)28-12/h1-5,7,15-16H,6H2,(H,27,29,32). The summed E-state index contributed by atoms with van der Waals surface area (Å²) in [4.78, 5) is 19.8. The molecular formula is C18H11ClF5N7O. The lowest BCUT2D eigenvalue weighted by molar-refractivity contribution is 0.101. The number of nitrogens with zero attached hydrogens (tertiary/aromatic N) is 6. The first-order valence-corrected chi connectivity index (χ1v) is 9.21. The summed E-state index contributed by atoms with van der Waals surface area (Å²) in [5, 5.41) is 10.2. The number of hydrogen-bond donors (Lipinski definition) is 1. The van der Waals surface area contributed by atoms with Gasteiger partial charge in [0, 0.05) is 16.7 Å². The van der Waals surface area contributed by atoms with Crippen molar-refractivity contribution in [2.75, 3.05) is 5.32 Å². The van der Waals surface area contributed by atoms with Crippen molar-refractivity contribution in [3.8, 4) is 0 Å². The van der Waals surface area contributed by atoms with Gasteiger partial charge in [0.25, 0.3) is 18.8 Å². The number of carbonyl (C=O) groups excluding carboxylic acids is 1. The lowest BCUT2D eigenvalue weighted by atomic mass is 10.2. The predicted molar refractivity (Wildman–Crippen MR) is 101 cm³/mol. The van der Waals surface area contributed by atoms with Gasteiger partial charge in [-0.1, -0.05) is 17.7 Å². The Labute approximate surface area is 180 Å². The van der Waals surface area contributed by atoms with Crippen LogP contribution in [0, 0.1) is 5.82 Å². The highest BCUT2D eigenvalue weighted by Crippen LogP contribution is 2.25. The van der Waals surface area contributed by atoms with Gasteiger partial charge in [-0.2, -0.15) is 5.10 Å². The van der Waals surface area contributed by atoms with Crippen molar-refractivity contribution in [3.05, 3.63) is 70.1 Å². The van der Waals surface area contributed by atoms with Gasteiger partial charge >= 0.3 is 0 Å². The van der Waals surface area contributed by atoms with Crippen LogP contribution in [0.15, 0.2) is 36.7 Å².